The second-order valence-corrected chi connectivity index (χ2v) is 4.63. The van der Waals surface area contributed by atoms with Gasteiger partial charge in [0.25, 0.3) is 0 Å². The Balaban J connectivity index is 2.10. The zero-order valence-corrected chi connectivity index (χ0v) is 9.57. The highest BCUT2D eigenvalue weighted by Gasteiger charge is 2.17. The van der Waals surface area contributed by atoms with Crippen LogP contribution in [0.4, 0.5) is 5.69 Å². The summed E-state index contributed by atoms with van der Waals surface area (Å²) in [6, 6.07) is 8.25. The van der Waals surface area contributed by atoms with Crippen LogP contribution in [0, 0.1) is 0 Å². The number of aliphatic hydroxyl groups is 1. The number of benzene rings is 1. The van der Waals surface area contributed by atoms with Gasteiger partial charge in [0.05, 0.1) is 6.10 Å². The van der Waals surface area contributed by atoms with Gasteiger partial charge in [-0.05, 0) is 37.1 Å². The smallest absolute Gasteiger partial charge is 0.0715 e. The summed E-state index contributed by atoms with van der Waals surface area (Å²) < 4.78 is 1.10. The van der Waals surface area contributed by atoms with Gasteiger partial charge < -0.3 is 10.0 Å². The molecule has 76 valence electrons. The molecule has 1 heterocycles. The second kappa shape index (κ2) is 4.32. The molecule has 2 nitrogen and oxygen atoms in total. The fourth-order valence-electron chi connectivity index (χ4n) is 1.84. The van der Waals surface area contributed by atoms with Gasteiger partial charge in [-0.15, -0.1) is 0 Å². The van der Waals surface area contributed by atoms with Crippen molar-refractivity contribution in [3.8, 4) is 0 Å². The normalized spacial score (nSPS) is 22.4. The summed E-state index contributed by atoms with van der Waals surface area (Å²) in [6.07, 6.45) is 1.86. The number of aliphatic hydroxyl groups excluding tert-OH is 1. The van der Waals surface area contributed by atoms with E-state index >= 15 is 0 Å². The highest BCUT2D eigenvalue weighted by molar-refractivity contribution is 9.10. The Morgan fingerprint density at radius 2 is 2.00 bits per heavy atom. The van der Waals surface area contributed by atoms with Gasteiger partial charge in [-0.2, -0.15) is 0 Å². The van der Waals surface area contributed by atoms with Crippen molar-refractivity contribution in [2.24, 2.45) is 0 Å². The van der Waals surface area contributed by atoms with Crippen LogP contribution in [0.2, 0.25) is 0 Å². The molecular formula is C11H14BrNO. The topological polar surface area (TPSA) is 23.5 Å². The molecule has 1 saturated heterocycles. The maximum absolute atomic E-state index is 9.54. The zero-order chi connectivity index (χ0) is 9.97. The SMILES string of the molecule is O[C@@H]1CCCN(c2ccc(Br)cc2)C1. The largest absolute Gasteiger partial charge is 0.391 e. The third kappa shape index (κ3) is 2.28. The fourth-order valence-corrected chi connectivity index (χ4v) is 2.11. The van der Waals surface area contributed by atoms with Crippen LogP contribution in [-0.4, -0.2) is 24.3 Å². The van der Waals surface area contributed by atoms with Crippen LogP contribution in [0.1, 0.15) is 12.8 Å². The molecular weight excluding hydrogens is 242 g/mol. The van der Waals surface area contributed by atoms with Crippen LogP contribution in [0.5, 0.6) is 0 Å². The van der Waals surface area contributed by atoms with E-state index in [9.17, 15) is 5.11 Å². The third-order valence-corrected chi connectivity index (χ3v) is 3.12. The molecule has 1 atom stereocenters. The minimum atomic E-state index is -0.160. The van der Waals surface area contributed by atoms with Gasteiger partial charge in [-0.25, -0.2) is 0 Å². The third-order valence-electron chi connectivity index (χ3n) is 2.59. The lowest BCUT2D eigenvalue weighted by molar-refractivity contribution is 0.154. The van der Waals surface area contributed by atoms with E-state index in [4.69, 9.17) is 0 Å². The molecule has 0 radical (unpaired) electrons. The summed E-state index contributed by atoms with van der Waals surface area (Å²) in [4.78, 5) is 2.24. The van der Waals surface area contributed by atoms with E-state index in [0.717, 1.165) is 30.4 Å². The lowest BCUT2D eigenvalue weighted by atomic mass is 10.1. The van der Waals surface area contributed by atoms with Crippen LogP contribution in [-0.2, 0) is 0 Å². The molecule has 14 heavy (non-hydrogen) atoms. The molecule has 1 aliphatic rings. The van der Waals surface area contributed by atoms with E-state index in [1.807, 2.05) is 12.1 Å². The molecule has 0 unspecified atom stereocenters. The summed E-state index contributed by atoms with van der Waals surface area (Å²) >= 11 is 3.41. The van der Waals surface area contributed by atoms with Crippen molar-refractivity contribution in [1.82, 2.24) is 0 Å². The zero-order valence-electron chi connectivity index (χ0n) is 7.99. The second-order valence-electron chi connectivity index (χ2n) is 3.72. The number of nitrogens with zero attached hydrogens (tertiary/aromatic N) is 1. The quantitative estimate of drug-likeness (QED) is 0.834. The molecule has 0 bridgehead atoms. The summed E-state index contributed by atoms with van der Waals surface area (Å²) in [5, 5.41) is 9.54. The molecule has 0 saturated carbocycles. The molecule has 1 aliphatic heterocycles. The summed E-state index contributed by atoms with van der Waals surface area (Å²) in [5.74, 6) is 0. The lowest BCUT2D eigenvalue weighted by Crippen LogP contribution is -2.38. The number of β-amino-alcohol motifs (C(OH)–C–C–N with tert-alkyl or cyclic N) is 1. The van der Waals surface area contributed by atoms with Gasteiger partial charge in [-0.1, -0.05) is 15.9 Å². The molecule has 1 aromatic carbocycles. The van der Waals surface area contributed by atoms with Gasteiger partial charge in [0.2, 0.25) is 0 Å². The minimum absolute atomic E-state index is 0.160. The summed E-state index contributed by atoms with van der Waals surface area (Å²) in [6.45, 7) is 1.82. The van der Waals surface area contributed by atoms with E-state index in [1.54, 1.807) is 0 Å². The monoisotopic (exact) mass is 255 g/mol. The maximum Gasteiger partial charge on any atom is 0.0715 e. The highest BCUT2D eigenvalue weighted by atomic mass is 79.9. The Bertz CT molecular complexity index is 299. The van der Waals surface area contributed by atoms with E-state index < -0.39 is 0 Å². The number of halogens is 1. The molecule has 1 N–H and O–H groups in total. The Morgan fingerprint density at radius 3 is 2.64 bits per heavy atom. The lowest BCUT2D eigenvalue weighted by Gasteiger charge is -2.31. The molecule has 1 fully saturated rings. The predicted molar refractivity (Wildman–Crippen MR) is 61.6 cm³/mol. The van der Waals surface area contributed by atoms with Gasteiger partial charge in [0, 0.05) is 23.2 Å². The summed E-state index contributed by atoms with van der Waals surface area (Å²) in [5.41, 5.74) is 1.20. The molecule has 0 spiro atoms. The van der Waals surface area contributed by atoms with Crippen LogP contribution in [0.25, 0.3) is 0 Å². The first kappa shape index (κ1) is 9.99. The van der Waals surface area contributed by atoms with Gasteiger partial charge in [0.15, 0.2) is 0 Å². The van der Waals surface area contributed by atoms with Gasteiger partial charge in [0.1, 0.15) is 0 Å². The van der Waals surface area contributed by atoms with Crippen molar-refractivity contribution in [3.63, 3.8) is 0 Å². The first-order chi connectivity index (χ1) is 6.75. The van der Waals surface area contributed by atoms with E-state index in [1.165, 1.54) is 5.69 Å². The fraction of sp³-hybridized carbons (Fsp3) is 0.455. The van der Waals surface area contributed by atoms with Crippen molar-refractivity contribution in [3.05, 3.63) is 28.7 Å². The predicted octanol–water partition coefficient (Wildman–Crippen LogP) is 2.41. The number of anilines is 1. The average Bonchev–Trinajstić information content (AvgIpc) is 2.19. The van der Waals surface area contributed by atoms with E-state index in [2.05, 4.69) is 33.0 Å². The van der Waals surface area contributed by atoms with Crippen LogP contribution in [0.15, 0.2) is 28.7 Å². The molecule has 2 rings (SSSR count). The van der Waals surface area contributed by atoms with Crippen molar-refractivity contribution in [2.45, 2.75) is 18.9 Å². The number of hydrogen-bond donors (Lipinski definition) is 1. The van der Waals surface area contributed by atoms with Gasteiger partial charge in [-0.3, -0.25) is 0 Å². The Morgan fingerprint density at radius 1 is 1.29 bits per heavy atom. The van der Waals surface area contributed by atoms with Crippen molar-refractivity contribution < 1.29 is 5.11 Å². The Kier molecular flexibility index (Phi) is 3.08. The van der Waals surface area contributed by atoms with Crippen LogP contribution in [0.3, 0.4) is 0 Å². The Hall–Kier alpha value is -0.540. The van der Waals surface area contributed by atoms with Crippen LogP contribution < -0.4 is 4.90 Å². The number of rotatable bonds is 1. The maximum atomic E-state index is 9.54. The number of hydrogen-bond acceptors (Lipinski definition) is 2. The standard InChI is InChI=1S/C11H14BrNO/c12-9-3-5-10(6-4-9)13-7-1-2-11(14)8-13/h3-6,11,14H,1-2,7-8H2/t11-/m1/s1. The van der Waals surface area contributed by atoms with Crippen LogP contribution >= 0.6 is 15.9 Å². The molecule has 0 aliphatic carbocycles. The first-order valence-corrected chi connectivity index (χ1v) is 5.73. The molecule has 1 aromatic rings. The van der Waals surface area contributed by atoms with Crippen molar-refractivity contribution in [1.29, 1.82) is 0 Å². The minimum Gasteiger partial charge on any atom is -0.391 e. The van der Waals surface area contributed by atoms with Crippen molar-refractivity contribution in [2.75, 3.05) is 18.0 Å². The van der Waals surface area contributed by atoms with E-state index in [-0.39, 0.29) is 6.10 Å². The van der Waals surface area contributed by atoms with Gasteiger partial charge >= 0.3 is 0 Å². The van der Waals surface area contributed by atoms with E-state index in [0.29, 0.717) is 0 Å². The summed E-state index contributed by atoms with van der Waals surface area (Å²) in [7, 11) is 0. The van der Waals surface area contributed by atoms with Crippen molar-refractivity contribution >= 4 is 21.6 Å². The molecule has 0 aromatic heterocycles. The number of piperidine rings is 1. The average molecular weight is 256 g/mol. The highest BCUT2D eigenvalue weighted by Crippen LogP contribution is 2.21. The first-order valence-electron chi connectivity index (χ1n) is 4.94. The molecule has 0 amide bonds. The molecule has 3 heteroatoms. The Labute approximate surface area is 92.7 Å².